The van der Waals surface area contributed by atoms with Gasteiger partial charge in [-0.05, 0) is 23.8 Å². The molecular weight excluding hydrogens is 367 g/mol. The first-order chi connectivity index (χ1) is 12.0. The number of ether oxygens (including phenoxy) is 1. The molecule has 3 aromatic rings. The number of carbonyl (C=O) groups is 1. The average molecular weight is 379 g/mol. The number of hydrogen-bond donors (Lipinski definition) is 1. The Bertz CT molecular complexity index is 926. The molecule has 128 valence electrons. The van der Waals surface area contributed by atoms with Gasteiger partial charge < -0.3 is 9.84 Å². The third-order valence-electron chi connectivity index (χ3n) is 3.48. The molecule has 0 unspecified atom stereocenters. The lowest BCUT2D eigenvalue weighted by Crippen LogP contribution is -2.07. The minimum absolute atomic E-state index is 0.209. The number of aromatic carboxylic acids is 1. The number of nitrogens with zero attached hydrogens (tertiary/aromatic N) is 4. The summed E-state index contributed by atoms with van der Waals surface area (Å²) in [6.07, 6.45) is 1.36. The third kappa shape index (κ3) is 3.57. The van der Waals surface area contributed by atoms with Crippen molar-refractivity contribution in [1.82, 2.24) is 20.0 Å². The van der Waals surface area contributed by atoms with E-state index in [1.165, 1.54) is 16.9 Å². The van der Waals surface area contributed by atoms with Crippen LogP contribution in [0.25, 0.3) is 11.4 Å². The van der Waals surface area contributed by atoms with Crippen LogP contribution in [0.3, 0.4) is 0 Å². The molecule has 1 N–H and O–H groups in total. The molecule has 3 rings (SSSR count). The normalized spacial score (nSPS) is 10.7. The monoisotopic (exact) mass is 378 g/mol. The molecule has 7 nitrogen and oxygen atoms in total. The molecule has 0 bridgehead atoms. The van der Waals surface area contributed by atoms with Gasteiger partial charge in [0.15, 0.2) is 5.69 Å². The molecule has 0 aliphatic carbocycles. The van der Waals surface area contributed by atoms with E-state index in [1.807, 2.05) is 12.1 Å². The molecule has 0 radical (unpaired) electrons. The fraction of sp³-hybridized carbons (Fsp3) is 0.125. The van der Waals surface area contributed by atoms with Gasteiger partial charge in [0.25, 0.3) is 0 Å². The van der Waals surface area contributed by atoms with Crippen LogP contribution in [-0.4, -0.2) is 38.2 Å². The lowest BCUT2D eigenvalue weighted by molar-refractivity contribution is 0.0691. The Morgan fingerprint density at radius 1 is 1.24 bits per heavy atom. The highest BCUT2D eigenvalue weighted by Crippen LogP contribution is 2.28. The number of aromatic nitrogens is 4. The average Bonchev–Trinajstić information content (AvgIpc) is 3.02. The van der Waals surface area contributed by atoms with E-state index in [1.54, 1.807) is 19.2 Å². The van der Waals surface area contributed by atoms with Crippen molar-refractivity contribution in [3.8, 4) is 17.1 Å². The van der Waals surface area contributed by atoms with Gasteiger partial charge in [-0.1, -0.05) is 40.5 Å². The zero-order chi connectivity index (χ0) is 18.0. The summed E-state index contributed by atoms with van der Waals surface area (Å²) in [5.74, 6) is -0.483. The highest BCUT2D eigenvalue weighted by Gasteiger charge is 2.22. The van der Waals surface area contributed by atoms with Crippen LogP contribution in [0.1, 0.15) is 16.1 Å². The Kier molecular flexibility index (Phi) is 4.87. The number of halogens is 2. The SMILES string of the molecule is COc1ccc(Cn2nnc(C(=O)O)c2-c2cc(Cl)c(Cl)cn2)cc1. The van der Waals surface area contributed by atoms with Gasteiger partial charge >= 0.3 is 5.97 Å². The quantitative estimate of drug-likeness (QED) is 0.731. The summed E-state index contributed by atoms with van der Waals surface area (Å²) in [5.41, 5.74) is 1.26. The van der Waals surface area contributed by atoms with E-state index in [0.29, 0.717) is 12.2 Å². The molecule has 0 spiro atoms. The molecule has 1 aromatic carbocycles. The van der Waals surface area contributed by atoms with Crippen molar-refractivity contribution in [3.63, 3.8) is 0 Å². The van der Waals surface area contributed by atoms with Crippen molar-refractivity contribution < 1.29 is 14.6 Å². The second-order valence-corrected chi connectivity index (χ2v) is 5.90. The molecule has 0 aliphatic rings. The van der Waals surface area contributed by atoms with Crippen LogP contribution in [0.2, 0.25) is 10.0 Å². The highest BCUT2D eigenvalue weighted by molar-refractivity contribution is 6.42. The summed E-state index contributed by atoms with van der Waals surface area (Å²) in [7, 11) is 1.58. The van der Waals surface area contributed by atoms with Crippen LogP contribution in [0.4, 0.5) is 0 Å². The number of carboxylic acid groups (broad SMARTS) is 1. The fourth-order valence-corrected chi connectivity index (χ4v) is 2.52. The lowest BCUT2D eigenvalue weighted by Gasteiger charge is -2.08. The molecule has 2 aromatic heterocycles. The van der Waals surface area contributed by atoms with Crippen LogP contribution in [-0.2, 0) is 6.54 Å². The molecule has 9 heteroatoms. The van der Waals surface area contributed by atoms with Gasteiger partial charge in [-0.25, -0.2) is 9.48 Å². The standard InChI is InChI=1S/C16H12Cl2N4O3/c1-25-10-4-2-9(3-5-10)8-22-15(14(16(23)24)20-21-22)13-6-11(17)12(18)7-19-13/h2-7H,8H2,1H3,(H,23,24). The number of rotatable bonds is 5. The molecule has 0 amide bonds. The molecule has 0 atom stereocenters. The first-order valence-electron chi connectivity index (χ1n) is 7.10. The van der Waals surface area contributed by atoms with Gasteiger partial charge in [0.2, 0.25) is 0 Å². The molecule has 0 aliphatic heterocycles. The largest absolute Gasteiger partial charge is 0.497 e. The molecule has 0 saturated carbocycles. The number of carboxylic acids is 1. The number of benzene rings is 1. The lowest BCUT2D eigenvalue weighted by atomic mass is 10.2. The van der Waals surface area contributed by atoms with Crippen LogP contribution in [0, 0.1) is 0 Å². The topological polar surface area (TPSA) is 90.1 Å². The zero-order valence-electron chi connectivity index (χ0n) is 13.0. The second kappa shape index (κ2) is 7.08. The Hall–Kier alpha value is -2.64. The molecule has 0 saturated heterocycles. The summed E-state index contributed by atoms with van der Waals surface area (Å²) in [6.45, 7) is 0.307. The van der Waals surface area contributed by atoms with E-state index in [4.69, 9.17) is 27.9 Å². The minimum Gasteiger partial charge on any atom is -0.497 e. The van der Waals surface area contributed by atoms with Gasteiger partial charge in [-0.15, -0.1) is 5.10 Å². The van der Waals surface area contributed by atoms with Gasteiger partial charge in [0.05, 0.1) is 29.4 Å². The van der Waals surface area contributed by atoms with Gasteiger partial charge in [0, 0.05) is 6.20 Å². The maximum absolute atomic E-state index is 11.5. The third-order valence-corrected chi connectivity index (χ3v) is 4.19. The van der Waals surface area contributed by atoms with E-state index in [0.717, 1.165) is 11.3 Å². The van der Waals surface area contributed by atoms with E-state index in [9.17, 15) is 9.90 Å². The van der Waals surface area contributed by atoms with E-state index in [2.05, 4.69) is 15.3 Å². The maximum atomic E-state index is 11.5. The Balaban J connectivity index is 2.04. The van der Waals surface area contributed by atoms with Gasteiger partial charge in [-0.3, -0.25) is 4.98 Å². The molecular formula is C16H12Cl2N4O3. The summed E-state index contributed by atoms with van der Waals surface area (Å²) in [5, 5.41) is 17.6. The fourth-order valence-electron chi connectivity index (χ4n) is 2.27. The molecule has 0 fully saturated rings. The minimum atomic E-state index is -1.20. The van der Waals surface area contributed by atoms with Crippen LogP contribution in [0.5, 0.6) is 5.75 Å². The Labute approximate surface area is 152 Å². The summed E-state index contributed by atoms with van der Waals surface area (Å²) in [6, 6.07) is 8.81. The predicted octanol–water partition coefficient (Wildman–Crippen LogP) is 3.40. The summed E-state index contributed by atoms with van der Waals surface area (Å²) in [4.78, 5) is 15.6. The number of methoxy groups -OCH3 is 1. The molecule has 2 heterocycles. The Morgan fingerprint density at radius 3 is 2.56 bits per heavy atom. The predicted molar refractivity (Wildman–Crippen MR) is 92.3 cm³/mol. The van der Waals surface area contributed by atoms with Gasteiger partial charge in [-0.2, -0.15) is 0 Å². The highest BCUT2D eigenvalue weighted by atomic mass is 35.5. The maximum Gasteiger partial charge on any atom is 0.358 e. The number of hydrogen-bond acceptors (Lipinski definition) is 5. The second-order valence-electron chi connectivity index (χ2n) is 5.08. The number of pyridine rings is 1. The van der Waals surface area contributed by atoms with Crippen molar-refractivity contribution in [3.05, 3.63) is 57.8 Å². The Morgan fingerprint density at radius 2 is 1.96 bits per heavy atom. The summed E-state index contributed by atoms with van der Waals surface area (Å²) >= 11 is 11.9. The summed E-state index contributed by atoms with van der Waals surface area (Å²) < 4.78 is 6.58. The first kappa shape index (κ1) is 17.2. The van der Waals surface area contributed by atoms with Crippen LogP contribution >= 0.6 is 23.2 Å². The van der Waals surface area contributed by atoms with Crippen LogP contribution in [0.15, 0.2) is 36.5 Å². The van der Waals surface area contributed by atoms with Crippen LogP contribution < -0.4 is 4.74 Å². The molecule has 25 heavy (non-hydrogen) atoms. The van der Waals surface area contributed by atoms with E-state index < -0.39 is 5.97 Å². The van der Waals surface area contributed by atoms with Crippen molar-refractivity contribution in [2.24, 2.45) is 0 Å². The first-order valence-corrected chi connectivity index (χ1v) is 7.86. The van der Waals surface area contributed by atoms with Crippen molar-refractivity contribution >= 4 is 29.2 Å². The van der Waals surface area contributed by atoms with Crippen molar-refractivity contribution in [2.75, 3.05) is 7.11 Å². The zero-order valence-corrected chi connectivity index (χ0v) is 14.5. The van der Waals surface area contributed by atoms with Gasteiger partial charge in [0.1, 0.15) is 11.4 Å². The van der Waals surface area contributed by atoms with Crippen molar-refractivity contribution in [2.45, 2.75) is 6.54 Å². The van der Waals surface area contributed by atoms with E-state index in [-0.39, 0.29) is 21.4 Å². The van der Waals surface area contributed by atoms with E-state index >= 15 is 0 Å². The smallest absolute Gasteiger partial charge is 0.358 e. The van der Waals surface area contributed by atoms with Crippen molar-refractivity contribution in [1.29, 1.82) is 0 Å².